The van der Waals surface area contributed by atoms with Gasteiger partial charge in [-0.2, -0.15) is 0 Å². The zero-order valence-electron chi connectivity index (χ0n) is 9.56. The molecule has 1 heterocycles. The van der Waals surface area contributed by atoms with Crippen molar-refractivity contribution in [1.29, 1.82) is 0 Å². The van der Waals surface area contributed by atoms with Gasteiger partial charge in [-0.1, -0.05) is 0 Å². The Kier molecular flexibility index (Phi) is 4.06. The summed E-state index contributed by atoms with van der Waals surface area (Å²) in [6, 6.07) is 3.47. The molecule has 0 aliphatic carbocycles. The Balaban J connectivity index is 2.87. The first-order chi connectivity index (χ1) is 7.41. The van der Waals surface area contributed by atoms with E-state index in [1.54, 1.807) is 19.9 Å². The lowest BCUT2D eigenvalue weighted by Crippen LogP contribution is -2.40. The van der Waals surface area contributed by atoms with Crippen LogP contribution in [0.2, 0.25) is 0 Å². The summed E-state index contributed by atoms with van der Waals surface area (Å²) < 4.78 is 0. The van der Waals surface area contributed by atoms with Gasteiger partial charge in [-0.3, -0.25) is 9.59 Å². The molecular weight excluding hydrogens is 226 g/mol. The molecule has 88 valence electrons. The van der Waals surface area contributed by atoms with E-state index in [1.807, 2.05) is 13.0 Å². The third kappa shape index (κ3) is 3.06. The van der Waals surface area contributed by atoms with Crippen molar-refractivity contribution in [3.05, 3.63) is 21.9 Å². The van der Waals surface area contributed by atoms with Gasteiger partial charge in [0.15, 0.2) is 0 Å². The number of hydrogen-bond acceptors (Lipinski definition) is 3. The quantitative estimate of drug-likeness (QED) is 0.877. The summed E-state index contributed by atoms with van der Waals surface area (Å²) in [6.45, 7) is 5.27. The van der Waals surface area contributed by atoms with Crippen LogP contribution in [-0.4, -0.2) is 34.5 Å². The first-order valence-corrected chi connectivity index (χ1v) is 5.82. The summed E-state index contributed by atoms with van der Waals surface area (Å²) >= 11 is 1.38. The Morgan fingerprint density at radius 3 is 2.44 bits per heavy atom. The number of thiophene rings is 1. The second kappa shape index (κ2) is 5.12. The minimum absolute atomic E-state index is 0.119. The lowest BCUT2D eigenvalue weighted by atomic mass is 10.3. The van der Waals surface area contributed by atoms with E-state index in [9.17, 15) is 9.59 Å². The first kappa shape index (κ1) is 12.7. The molecule has 0 spiro atoms. The molecule has 16 heavy (non-hydrogen) atoms. The summed E-state index contributed by atoms with van der Waals surface area (Å²) in [7, 11) is 0. The van der Waals surface area contributed by atoms with Crippen LogP contribution in [-0.2, 0) is 4.79 Å². The molecule has 0 atom stereocenters. The van der Waals surface area contributed by atoms with Crippen LogP contribution in [0.15, 0.2) is 12.1 Å². The average molecular weight is 241 g/mol. The number of aliphatic carboxylic acids is 1. The molecule has 4 nitrogen and oxygen atoms in total. The molecule has 1 aromatic rings. The fourth-order valence-electron chi connectivity index (χ4n) is 1.33. The lowest BCUT2D eigenvalue weighted by molar-refractivity contribution is -0.138. The Morgan fingerprint density at radius 2 is 2.06 bits per heavy atom. The summed E-state index contributed by atoms with van der Waals surface area (Å²) in [5.74, 6) is -1.20. The van der Waals surface area contributed by atoms with E-state index >= 15 is 0 Å². The highest BCUT2D eigenvalue weighted by atomic mass is 32.1. The molecule has 0 saturated carbocycles. The third-order valence-electron chi connectivity index (χ3n) is 2.14. The van der Waals surface area contributed by atoms with E-state index in [-0.39, 0.29) is 18.5 Å². The zero-order valence-corrected chi connectivity index (χ0v) is 10.4. The topological polar surface area (TPSA) is 57.6 Å². The van der Waals surface area contributed by atoms with Gasteiger partial charge in [-0.05, 0) is 32.9 Å². The van der Waals surface area contributed by atoms with Gasteiger partial charge < -0.3 is 10.0 Å². The van der Waals surface area contributed by atoms with Crippen molar-refractivity contribution in [2.24, 2.45) is 0 Å². The highest BCUT2D eigenvalue weighted by Gasteiger charge is 2.22. The molecule has 0 fully saturated rings. The minimum Gasteiger partial charge on any atom is -0.480 e. The number of hydrogen-bond donors (Lipinski definition) is 1. The van der Waals surface area contributed by atoms with Gasteiger partial charge in [0.1, 0.15) is 6.54 Å². The zero-order chi connectivity index (χ0) is 12.3. The number of amides is 1. The molecule has 1 aromatic heterocycles. The van der Waals surface area contributed by atoms with Gasteiger partial charge in [-0.25, -0.2) is 0 Å². The number of carbonyl (C=O) groups is 2. The number of aryl methyl sites for hydroxylation is 1. The number of carboxylic acid groups (broad SMARTS) is 1. The van der Waals surface area contributed by atoms with Crippen LogP contribution in [0.1, 0.15) is 28.4 Å². The second-order valence-corrected chi connectivity index (χ2v) is 5.12. The van der Waals surface area contributed by atoms with Crippen LogP contribution in [0, 0.1) is 6.92 Å². The summed E-state index contributed by atoms with van der Waals surface area (Å²) in [5, 5.41) is 8.74. The van der Waals surface area contributed by atoms with Gasteiger partial charge in [0.05, 0.1) is 4.88 Å². The molecule has 0 aromatic carbocycles. The Bertz CT molecular complexity index is 398. The van der Waals surface area contributed by atoms with Gasteiger partial charge in [0, 0.05) is 10.9 Å². The second-order valence-electron chi connectivity index (χ2n) is 3.83. The van der Waals surface area contributed by atoms with Crippen molar-refractivity contribution in [3.63, 3.8) is 0 Å². The lowest BCUT2D eigenvalue weighted by Gasteiger charge is -2.24. The van der Waals surface area contributed by atoms with Crippen molar-refractivity contribution in [1.82, 2.24) is 4.90 Å². The van der Waals surface area contributed by atoms with Gasteiger partial charge >= 0.3 is 5.97 Å². The average Bonchev–Trinajstić information content (AvgIpc) is 2.59. The predicted octanol–water partition coefficient (Wildman–Crippen LogP) is 1.99. The largest absolute Gasteiger partial charge is 0.480 e. The van der Waals surface area contributed by atoms with Crippen LogP contribution in [0.5, 0.6) is 0 Å². The Hall–Kier alpha value is -1.36. The van der Waals surface area contributed by atoms with Gasteiger partial charge in [-0.15, -0.1) is 11.3 Å². The minimum atomic E-state index is -0.990. The molecule has 0 aliphatic rings. The standard InChI is InChI=1S/C11H15NO3S/c1-7(2)12(6-10(13)14)11(15)9-5-4-8(3)16-9/h4-5,7H,6H2,1-3H3,(H,13,14). The van der Waals surface area contributed by atoms with Crippen molar-refractivity contribution in [2.75, 3.05) is 6.54 Å². The molecule has 0 aliphatic heterocycles. The van der Waals surface area contributed by atoms with E-state index in [0.717, 1.165) is 4.88 Å². The third-order valence-corrected chi connectivity index (χ3v) is 3.13. The SMILES string of the molecule is Cc1ccc(C(=O)N(CC(=O)O)C(C)C)s1. The first-order valence-electron chi connectivity index (χ1n) is 5.01. The van der Waals surface area contributed by atoms with Crippen molar-refractivity contribution < 1.29 is 14.7 Å². The van der Waals surface area contributed by atoms with E-state index in [0.29, 0.717) is 4.88 Å². The molecule has 1 amide bonds. The summed E-state index contributed by atoms with van der Waals surface area (Å²) in [5.41, 5.74) is 0. The molecule has 1 N–H and O–H groups in total. The molecule has 0 unspecified atom stereocenters. The smallest absolute Gasteiger partial charge is 0.323 e. The maximum Gasteiger partial charge on any atom is 0.323 e. The van der Waals surface area contributed by atoms with Gasteiger partial charge in [0.25, 0.3) is 5.91 Å². The number of nitrogens with zero attached hydrogens (tertiary/aromatic N) is 1. The van der Waals surface area contributed by atoms with E-state index in [1.165, 1.54) is 16.2 Å². The molecule has 0 radical (unpaired) electrons. The highest BCUT2D eigenvalue weighted by Crippen LogP contribution is 2.18. The van der Waals surface area contributed by atoms with Crippen LogP contribution < -0.4 is 0 Å². The number of carboxylic acids is 1. The summed E-state index contributed by atoms with van der Waals surface area (Å²) in [6.07, 6.45) is 0. The maximum atomic E-state index is 12.0. The fourth-order valence-corrected chi connectivity index (χ4v) is 2.15. The fraction of sp³-hybridized carbons (Fsp3) is 0.455. The molecule has 1 rings (SSSR count). The summed E-state index contributed by atoms with van der Waals surface area (Å²) in [4.78, 5) is 25.7. The van der Waals surface area contributed by atoms with Crippen LogP contribution in [0.25, 0.3) is 0 Å². The van der Waals surface area contributed by atoms with Crippen LogP contribution in [0.3, 0.4) is 0 Å². The molecule has 5 heteroatoms. The molecule has 0 bridgehead atoms. The predicted molar refractivity (Wildman–Crippen MR) is 62.9 cm³/mol. The number of rotatable bonds is 4. The van der Waals surface area contributed by atoms with E-state index < -0.39 is 5.97 Å². The van der Waals surface area contributed by atoms with E-state index in [2.05, 4.69) is 0 Å². The molecule has 0 saturated heterocycles. The van der Waals surface area contributed by atoms with Crippen molar-refractivity contribution in [2.45, 2.75) is 26.8 Å². The van der Waals surface area contributed by atoms with Crippen LogP contribution in [0.4, 0.5) is 0 Å². The Labute approximate surface area is 98.5 Å². The van der Waals surface area contributed by atoms with Crippen LogP contribution >= 0.6 is 11.3 Å². The van der Waals surface area contributed by atoms with Crippen molar-refractivity contribution in [3.8, 4) is 0 Å². The molecular formula is C11H15NO3S. The van der Waals surface area contributed by atoms with Gasteiger partial charge in [0.2, 0.25) is 0 Å². The van der Waals surface area contributed by atoms with Crippen molar-refractivity contribution >= 4 is 23.2 Å². The Morgan fingerprint density at radius 1 is 1.44 bits per heavy atom. The monoisotopic (exact) mass is 241 g/mol. The normalized spacial score (nSPS) is 10.5. The highest BCUT2D eigenvalue weighted by molar-refractivity contribution is 7.13. The number of carbonyl (C=O) groups excluding carboxylic acids is 1. The van der Waals surface area contributed by atoms with E-state index in [4.69, 9.17) is 5.11 Å². The maximum absolute atomic E-state index is 12.0.